The second kappa shape index (κ2) is 8.26. The van der Waals surface area contributed by atoms with Crippen molar-refractivity contribution < 1.29 is 5.11 Å². The fourth-order valence-corrected chi connectivity index (χ4v) is 4.61. The number of hydrogen-bond acceptors (Lipinski definition) is 8. The van der Waals surface area contributed by atoms with Crippen LogP contribution in [-0.2, 0) is 6.42 Å². The molecule has 0 aliphatic rings. The highest BCUT2D eigenvalue weighted by Crippen LogP contribution is 2.30. The molecule has 4 rings (SSSR count). The van der Waals surface area contributed by atoms with Crippen LogP contribution in [0.2, 0.25) is 0 Å². The van der Waals surface area contributed by atoms with Gasteiger partial charge in [-0.3, -0.25) is 0 Å². The highest BCUT2D eigenvalue weighted by molar-refractivity contribution is 7.13. The molecule has 0 aliphatic carbocycles. The van der Waals surface area contributed by atoms with Gasteiger partial charge in [0.15, 0.2) is 5.82 Å². The molecule has 0 saturated heterocycles. The third-order valence-electron chi connectivity index (χ3n) is 4.50. The first-order chi connectivity index (χ1) is 13.7. The third kappa shape index (κ3) is 3.73. The molecule has 1 N–H and O–H groups in total. The summed E-state index contributed by atoms with van der Waals surface area (Å²) in [5.74, 6) is 0.647. The van der Waals surface area contributed by atoms with E-state index in [0.717, 1.165) is 28.2 Å². The van der Waals surface area contributed by atoms with E-state index < -0.39 is 6.10 Å². The minimum atomic E-state index is -0.609. The second-order valence-corrected chi connectivity index (χ2v) is 7.97. The average Bonchev–Trinajstić information content (AvgIpc) is 3.50. The largest absolute Gasteiger partial charge is 0.390 e. The van der Waals surface area contributed by atoms with Gasteiger partial charge in [-0.15, -0.1) is 11.3 Å². The van der Waals surface area contributed by atoms with Crippen LogP contribution in [0.3, 0.4) is 0 Å². The number of nitrogens with zero attached hydrogens (tertiary/aromatic N) is 6. The number of thiazole rings is 1. The van der Waals surface area contributed by atoms with E-state index in [0.29, 0.717) is 17.3 Å². The maximum atomic E-state index is 10.5. The maximum absolute atomic E-state index is 10.5. The fourth-order valence-electron chi connectivity index (χ4n) is 2.87. The van der Waals surface area contributed by atoms with E-state index in [-0.39, 0.29) is 6.04 Å². The molecule has 1 aromatic carbocycles. The second-order valence-electron chi connectivity index (χ2n) is 6.33. The molecule has 144 valence electrons. The number of aliphatic hydroxyl groups is 1. The summed E-state index contributed by atoms with van der Waals surface area (Å²) >= 11 is 2.94. The topological polar surface area (TPSA) is 89.6 Å². The van der Waals surface area contributed by atoms with Crippen LogP contribution in [0.25, 0.3) is 22.0 Å². The number of benzene rings is 1. The van der Waals surface area contributed by atoms with Crippen molar-refractivity contribution in [3.05, 3.63) is 53.0 Å². The maximum Gasteiger partial charge on any atom is 0.173 e. The lowest BCUT2D eigenvalue weighted by Gasteiger charge is -2.19. The van der Waals surface area contributed by atoms with Gasteiger partial charge in [-0.25, -0.2) is 19.6 Å². The molecule has 28 heavy (non-hydrogen) atoms. The van der Waals surface area contributed by atoms with E-state index in [4.69, 9.17) is 0 Å². The summed E-state index contributed by atoms with van der Waals surface area (Å²) < 4.78 is 6.13. The lowest BCUT2D eigenvalue weighted by molar-refractivity contribution is 0.120. The summed E-state index contributed by atoms with van der Waals surface area (Å²) in [6.45, 7) is 4.04. The van der Waals surface area contributed by atoms with Gasteiger partial charge in [-0.05, 0) is 24.4 Å². The van der Waals surface area contributed by atoms with Crippen molar-refractivity contribution in [1.29, 1.82) is 0 Å². The Labute approximate surface area is 170 Å². The monoisotopic (exact) mass is 412 g/mol. The van der Waals surface area contributed by atoms with Crippen LogP contribution in [0.5, 0.6) is 0 Å². The third-order valence-corrected chi connectivity index (χ3v) is 6.23. The molecule has 7 nitrogen and oxygen atoms in total. The number of rotatable bonds is 7. The zero-order valence-corrected chi connectivity index (χ0v) is 17.2. The van der Waals surface area contributed by atoms with Crippen LogP contribution in [-0.4, -0.2) is 40.3 Å². The number of aryl methyl sites for hydroxylation is 1. The summed E-state index contributed by atoms with van der Waals surface area (Å²) in [4.78, 5) is 13.3. The number of hydrogen-bond donors (Lipinski definition) is 1. The summed E-state index contributed by atoms with van der Waals surface area (Å²) in [5.41, 5.74) is 3.14. The number of aromatic nitrogens is 6. The van der Waals surface area contributed by atoms with Crippen molar-refractivity contribution in [3.63, 3.8) is 0 Å². The van der Waals surface area contributed by atoms with Crippen LogP contribution in [0.4, 0.5) is 0 Å². The van der Waals surface area contributed by atoms with Crippen LogP contribution >= 0.6 is 22.9 Å². The Balaban J connectivity index is 1.60. The molecule has 4 aromatic rings. The first-order valence-corrected chi connectivity index (χ1v) is 10.8. The predicted molar refractivity (Wildman–Crippen MR) is 110 cm³/mol. The normalized spacial score (nSPS) is 13.5. The van der Waals surface area contributed by atoms with Crippen LogP contribution in [0.15, 0.2) is 42.3 Å². The minimum absolute atomic E-state index is 0.388. The Morgan fingerprint density at radius 3 is 2.54 bits per heavy atom. The molecular formula is C19H20N6OS2. The van der Waals surface area contributed by atoms with Crippen LogP contribution < -0.4 is 0 Å². The van der Waals surface area contributed by atoms with Crippen molar-refractivity contribution in [2.75, 3.05) is 0 Å². The first kappa shape index (κ1) is 18.9. The van der Waals surface area contributed by atoms with E-state index in [2.05, 4.69) is 36.7 Å². The van der Waals surface area contributed by atoms with Gasteiger partial charge in [0.05, 0.1) is 11.8 Å². The summed E-state index contributed by atoms with van der Waals surface area (Å²) in [6.07, 6.45) is 3.97. The van der Waals surface area contributed by atoms with Crippen molar-refractivity contribution >= 4 is 22.9 Å². The summed E-state index contributed by atoms with van der Waals surface area (Å²) in [6, 6.07) is 7.72. The van der Waals surface area contributed by atoms with Gasteiger partial charge in [-0.2, -0.15) is 9.47 Å². The molecule has 2 unspecified atom stereocenters. The van der Waals surface area contributed by atoms with Crippen LogP contribution in [0, 0.1) is 0 Å². The van der Waals surface area contributed by atoms with Crippen molar-refractivity contribution in [1.82, 2.24) is 29.1 Å². The molecule has 0 radical (unpaired) electrons. The van der Waals surface area contributed by atoms with Gasteiger partial charge >= 0.3 is 0 Å². The Morgan fingerprint density at radius 2 is 1.89 bits per heavy atom. The molecule has 0 fully saturated rings. The lowest BCUT2D eigenvalue weighted by atomic mass is 10.1. The van der Waals surface area contributed by atoms with Crippen molar-refractivity contribution in [2.45, 2.75) is 38.8 Å². The zero-order valence-electron chi connectivity index (χ0n) is 15.6. The molecule has 3 heterocycles. The Morgan fingerprint density at radius 1 is 1.11 bits per heavy atom. The van der Waals surface area contributed by atoms with E-state index >= 15 is 0 Å². The van der Waals surface area contributed by atoms with E-state index in [1.54, 1.807) is 22.3 Å². The molecule has 0 aliphatic heterocycles. The lowest BCUT2D eigenvalue weighted by Crippen LogP contribution is -2.25. The van der Waals surface area contributed by atoms with E-state index in [1.165, 1.54) is 17.9 Å². The van der Waals surface area contributed by atoms with E-state index in [9.17, 15) is 5.11 Å². The van der Waals surface area contributed by atoms with Gasteiger partial charge in [0, 0.05) is 16.5 Å². The molecule has 9 heteroatoms. The van der Waals surface area contributed by atoms with E-state index in [1.807, 2.05) is 31.2 Å². The van der Waals surface area contributed by atoms with Gasteiger partial charge in [0.1, 0.15) is 28.7 Å². The zero-order chi connectivity index (χ0) is 19.5. The number of aliphatic hydroxyl groups excluding tert-OH is 1. The quantitative estimate of drug-likeness (QED) is 0.496. The molecule has 0 spiro atoms. The fraction of sp³-hybridized carbons (Fsp3) is 0.316. The first-order valence-electron chi connectivity index (χ1n) is 9.10. The summed E-state index contributed by atoms with van der Waals surface area (Å²) in [5, 5.41) is 18.5. The van der Waals surface area contributed by atoms with Gasteiger partial charge in [0.25, 0.3) is 0 Å². The standard InChI is InChI=1S/C19H20N6OS2/c1-3-14-9-27-18(22-14)13-7-5-12(6-8-13)17-23-19(28-24-17)16(15(26)4-2)25-11-20-10-21-25/h5-11,15-16,26H,3-4H2,1-2H3. The molecule has 2 atom stereocenters. The Hall–Kier alpha value is -2.49. The molecule has 3 aromatic heterocycles. The highest BCUT2D eigenvalue weighted by atomic mass is 32.1. The van der Waals surface area contributed by atoms with Crippen molar-refractivity contribution in [2.24, 2.45) is 0 Å². The average molecular weight is 413 g/mol. The minimum Gasteiger partial charge on any atom is -0.390 e. The predicted octanol–water partition coefficient (Wildman–Crippen LogP) is 3.84. The van der Waals surface area contributed by atoms with Gasteiger partial charge in [-0.1, -0.05) is 38.1 Å². The van der Waals surface area contributed by atoms with Crippen LogP contribution in [0.1, 0.15) is 37.0 Å². The highest BCUT2D eigenvalue weighted by Gasteiger charge is 2.26. The Kier molecular flexibility index (Phi) is 5.56. The molecular weight excluding hydrogens is 392 g/mol. The molecule has 0 bridgehead atoms. The van der Waals surface area contributed by atoms with Crippen molar-refractivity contribution in [3.8, 4) is 22.0 Å². The smallest absolute Gasteiger partial charge is 0.173 e. The Bertz CT molecular complexity index is 1030. The van der Waals surface area contributed by atoms with Gasteiger partial charge in [0.2, 0.25) is 0 Å². The SMILES string of the molecule is CCc1csc(-c2ccc(-c3nsc(C(C(O)CC)n4cncn4)n3)cc2)n1. The molecule has 0 amide bonds. The van der Waals surface area contributed by atoms with Gasteiger partial charge < -0.3 is 5.11 Å². The summed E-state index contributed by atoms with van der Waals surface area (Å²) in [7, 11) is 0. The molecule has 0 saturated carbocycles.